The second kappa shape index (κ2) is 4.82. The lowest BCUT2D eigenvalue weighted by molar-refractivity contribution is 0.640. The number of hydrogen-bond acceptors (Lipinski definition) is 1. The van der Waals surface area contributed by atoms with E-state index in [1.807, 2.05) is 42.5 Å². The Morgan fingerprint density at radius 3 is 2.42 bits per heavy atom. The molecule has 0 saturated heterocycles. The van der Waals surface area contributed by atoms with Crippen LogP contribution in [-0.4, -0.2) is 0 Å². The average molecular weight is 251 g/mol. The predicted octanol–water partition coefficient (Wildman–Crippen LogP) is 4.10. The number of hydrogen-bond donors (Lipinski definition) is 1. The molecular weight excluding hydrogens is 237 g/mol. The molecule has 19 heavy (non-hydrogen) atoms. The van der Waals surface area contributed by atoms with Crippen LogP contribution in [0.25, 0.3) is 21.9 Å². The monoisotopic (exact) mass is 251 g/mol. The van der Waals surface area contributed by atoms with Gasteiger partial charge in [0.25, 0.3) is 0 Å². The first-order valence-electron chi connectivity index (χ1n) is 6.26. The second-order valence-electron chi connectivity index (χ2n) is 4.55. The first kappa shape index (κ1) is 11.9. The number of fused-ring (bicyclic) bond motifs is 1. The number of nitrogens with two attached hydrogens (primary N) is 1. The Balaban J connectivity index is 2.28. The quantitative estimate of drug-likeness (QED) is 0.729. The maximum atomic E-state index is 13.8. The van der Waals surface area contributed by atoms with Crippen molar-refractivity contribution in [3.05, 3.63) is 72.0 Å². The summed E-state index contributed by atoms with van der Waals surface area (Å²) in [5.41, 5.74) is 8.85. The number of halogens is 1. The van der Waals surface area contributed by atoms with Gasteiger partial charge in [0.1, 0.15) is 5.82 Å². The smallest absolute Gasteiger partial charge is 0.131 e. The van der Waals surface area contributed by atoms with Gasteiger partial charge in [0, 0.05) is 11.9 Å². The summed E-state index contributed by atoms with van der Waals surface area (Å²) in [5.74, 6) is -0.186. The van der Waals surface area contributed by atoms with Gasteiger partial charge in [-0.3, -0.25) is 0 Å². The highest BCUT2D eigenvalue weighted by Crippen LogP contribution is 2.30. The van der Waals surface area contributed by atoms with Crippen molar-refractivity contribution in [1.82, 2.24) is 0 Å². The molecule has 0 aliphatic rings. The van der Waals surface area contributed by atoms with Gasteiger partial charge >= 0.3 is 0 Å². The molecule has 0 heterocycles. The zero-order chi connectivity index (χ0) is 13.2. The van der Waals surface area contributed by atoms with Crippen LogP contribution in [0.1, 0.15) is 5.56 Å². The third-order valence-corrected chi connectivity index (χ3v) is 3.34. The normalized spacial score (nSPS) is 10.8. The minimum atomic E-state index is -0.186. The van der Waals surface area contributed by atoms with Gasteiger partial charge in [-0.2, -0.15) is 0 Å². The molecule has 0 bridgehead atoms. The highest BCUT2D eigenvalue weighted by Gasteiger charge is 2.07. The van der Waals surface area contributed by atoms with Gasteiger partial charge in [0.05, 0.1) is 0 Å². The van der Waals surface area contributed by atoms with Crippen LogP contribution < -0.4 is 5.73 Å². The van der Waals surface area contributed by atoms with Crippen LogP contribution in [0.15, 0.2) is 60.7 Å². The molecule has 3 aromatic carbocycles. The van der Waals surface area contributed by atoms with Crippen LogP contribution in [0.4, 0.5) is 4.39 Å². The summed E-state index contributed by atoms with van der Waals surface area (Å²) in [6.07, 6.45) is 0. The summed E-state index contributed by atoms with van der Waals surface area (Å²) in [6.45, 7) is 0.507. The molecule has 0 saturated carbocycles. The maximum absolute atomic E-state index is 13.8. The van der Waals surface area contributed by atoms with Crippen LogP contribution in [0.2, 0.25) is 0 Å². The average Bonchev–Trinajstić information content (AvgIpc) is 2.48. The Kier molecular flexibility index (Phi) is 3.02. The van der Waals surface area contributed by atoms with E-state index in [0.717, 1.165) is 22.1 Å². The number of rotatable bonds is 2. The Morgan fingerprint density at radius 1 is 0.842 bits per heavy atom. The first-order valence-corrected chi connectivity index (χ1v) is 6.26. The Morgan fingerprint density at radius 2 is 1.63 bits per heavy atom. The fraction of sp³-hybridized carbons (Fsp3) is 0.0588. The van der Waals surface area contributed by atoms with E-state index >= 15 is 0 Å². The van der Waals surface area contributed by atoms with Crippen molar-refractivity contribution in [3.63, 3.8) is 0 Å². The molecule has 0 atom stereocenters. The summed E-state index contributed by atoms with van der Waals surface area (Å²) >= 11 is 0. The van der Waals surface area contributed by atoms with Gasteiger partial charge in [0.2, 0.25) is 0 Å². The van der Waals surface area contributed by atoms with Crippen LogP contribution in [0.5, 0.6) is 0 Å². The number of benzene rings is 3. The molecule has 3 aromatic rings. The fourth-order valence-corrected chi connectivity index (χ4v) is 2.38. The topological polar surface area (TPSA) is 26.0 Å². The Bertz CT molecular complexity index is 734. The molecule has 0 spiro atoms. The van der Waals surface area contributed by atoms with Crippen molar-refractivity contribution in [1.29, 1.82) is 0 Å². The van der Waals surface area contributed by atoms with E-state index in [0.29, 0.717) is 11.9 Å². The highest BCUT2D eigenvalue weighted by atomic mass is 19.1. The van der Waals surface area contributed by atoms with Crippen molar-refractivity contribution in [2.75, 3.05) is 0 Å². The largest absolute Gasteiger partial charge is 0.326 e. The maximum Gasteiger partial charge on any atom is 0.131 e. The Labute approximate surface area is 111 Å². The van der Waals surface area contributed by atoms with E-state index in [1.54, 1.807) is 6.07 Å². The van der Waals surface area contributed by atoms with E-state index in [2.05, 4.69) is 6.07 Å². The third kappa shape index (κ3) is 2.11. The molecule has 3 rings (SSSR count). The van der Waals surface area contributed by atoms with E-state index < -0.39 is 0 Å². The van der Waals surface area contributed by atoms with Crippen molar-refractivity contribution in [2.24, 2.45) is 5.73 Å². The van der Waals surface area contributed by atoms with Crippen LogP contribution in [-0.2, 0) is 6.54 Å². The molecular formula is C17H14FN. The van der Waals surface area contributed by atoms with Crippen LogP contribution >= 0.6 is 0 Å². The molecule has 0 unspecified atom stereocenters. The van der Waals surface area contributed by atoms with Gasteiger partial charge in [0.15, 0.2) is 0 Å². The van der Waals surface area contributed by atoms with Crippen molar-refractivity contribution in [2.45, 2.75) is 6.54 Å². The molecule has 0 aromatic heterocycles. The molecule has 0 fully saturated rings. The fourth-order valence-electron chi connectivity index (χ4n) is 2.38. The highest BCUT2D eigenvalue weighted by molar-refractivity contribution is 5.97. The summed E-state index contributed by atoms with van der Waals surface area (Å²) in [5, 5.41) is 1.58. The van der Waals surface area contributed by atoms with E-state index in [9.17, 15) is 4.39 Å². The minimum absolute atomic E-state index is 0.186. The molecule has 2 heteroatoms. The molecule has 0 aliphatic heterocycles. The zero-order valence-electron chi connectivity index (χ0n) is 10.4. The lowest BCUT2D eigenvalue weighted by Gasteiger charge is -2.09. The third-order valence-electron chi connectivity index (χ3n) is 3.34. The molecule has 0 radical (unpaired) electrons. The van der Waals surface area contributed by atoms with Gasteiger partial charge in [-0.05, 0) is 34.2 Å². The van der Waals surface area contributed by atoms with Gasteiger partial charge in [-0.1, -0.05) is 48.5 Å². The van der Waals surface area contributed by atoms with E-state index in [-0.39, 0.29) is 5.82 Å². The zero-order valence-corrected chi connectivity index (χ0v) is 10.4. The summed E-state index contributed by atoms with van der Waals surface area (Å²) in [7, 11) is 0. The van der Waals surface area contributed by atoms with Gasteiger partial charge in [-0.25, -0.2) is 4.39 Å². The lowest BCUT2D eigenvalue weighted by atomic mass is 9.97. The standard InChI is InChI=1S/C17H14FN/c18-17-9-8-14(15-6-1-2-7-16(15)17)13-5-3-4-12(10-13)11-19/h1-10H,11,19H2. The Hall–Kier alpha value is -2.19. The summed E-state index contributed by atoms with van der Waals surface area (Å²) < 4.78 is 13.8. The van der Waals surface area contributed by atoms with Gasteiger partial charge < -0.3 is 5.73 Å². The SMILES string of the molecule is NCc1cccc(-c2ccc(F)c3ccccc23)c1. The van der Waals surface area contributed by atoms with E-state index in [4.69, 9.17) is 5.73 Å². The van der Waals surface area contributed by atoms with E-state index in [1.165, 1.54) is 6.07 Å². The summed E-state index contributed by atoms with van der Waals surface area (Å²) in [6, 6.07) is 18.9. The second-order valence-corrected chi connectivity index (χ2v) is 4.55. The predicted molar refractivity (Wildman–Crippen MR) is 77.2 cm³/mol. The molecule has 94 valence electrons. The van der Waals surface area contributed by atoms with Crippen molar-refractivity contribution >= 4 is 10.8 Å². The molecule has 1 nitrogen and oxygen atoms in total. The van der Waals surface area contributed by atoms with Crippen LogP contribution in [0.3, 0.4) is 0 Å². The van der Waals surface area contributed by atoms with Gasteiger partial charge in [-0.15, -0.1) is 0 Å². The van der Waals surface area contributed by atoms with Crippen LogP contribution in [0, 0.1) is 5.82 Å². The first-order chi connectivity index (χ1) is 9.29. The minimum Gasteiger partial charge on any atom is -0.326 e. The van der Waals surface area contributed by atoms with Crippen molar-refractivity contribution in [3.8, 4) is 11.1 Å². The van der Waals surface area contributed by atoms with Crippen molar-refractivity contribution < 1.29 is 4.39 Å². The molecule has 2 N–H and O–H groups in total. The molecule has 0 amide bonds. The summed E-state index contributed by atoms with van der Waals surface area (Å²) in [4.78, 5) is 0. The lowest BCUT2D eigenvalue weighted by Crippen LogP contribution is -1.96. The molecule has 0 aliphatic carbocycles.